The number of rotatable bonds is 4. The van der Waals surface area contributed by atoms with Crippen LogP contribution in [0.4, 0.5) is 0 Å². The van der Waals surface area contributed by atoms with Crippen molar-refractivity contribution in [1.29, 1.82) is 0 Å². The predicted octanol–water partition coefficient (Wildman–Crippen LogP) is 0.652. The Morgan fingerprint density at radius 3 is 2.46 bits per heavy atom. The van der Waals surface area contributed by atoms with Crippen LogP contribution in [0, 0.1) is 13.1 Å². The zero-order valence-corrected chi connectivity index (χ0v) is 9.02. The van der Waals surface area contributed by atoms with Gasteiger partial charge in [0.25, 0.3) is 13.1 Å². The third-order valence-corrected chi connectivity index (χ3v) is 1.69. The van der Waals surface area contributed by atoms with Crippen molar-refractivity contribution < 1.29 is 14.3 Å². The Labute approximate surface area is 89.3 Å². The van der Waals surface area contributed by atoms with Crippen molar-refractivity contribution in [2.24, 2.45) is 0 Å². The molecule has 0 amide bonds. The second-order valence-corrected chi connectivity index (χ2v) is 2.41. The maximum atomic E-state index is 10.9. The van der Waals surface area contributed by atoms with Crippen LogP contribution in [0.3, 0.4) is 0 Å². The highest BCUT2D eigenvalue weighted by Crippen LogP contribution is 2.13. The van der Waals surface area contributed by atoms with Crippen molar-refractivity contribution in [2.75, 3.05) is 13.7 Å². The number of carbonyl (C=O) groups is 1. The maximum absolute atomic E-state index is 10.9. The zero-order chi connectivity index (χ0) is 10.3. The number of carbonyl (C=O) groups excluding carboxylic acids is 1. The van der Waals surface area contributed by atoms with E-state index in [1.54, 1.807) is 22.9 Å². The van der Waals surface area contributed by atoms with E-state index in [4.69, 9.17) is 13.1 Å². The Bertz CT molecular complexity index is 253. The first-order chi connectivity index (χ1) is 6.14. The molecule has 0 aliphatic rings. The Balaban J connectivity index is 4.38. The summed E-state index contributed by atoms with van der Waals surface area (Å²) in [6, 6.07) is 0. The molecule has 0 rings (SSSR count). The summed E-state index contributed by atoms with van der Waals surface area (Å²) in [5.74, 6) is -2.43. The molecule has 0 fully saturated rings. The summed E-state index contributed by atoms with van der Waals surface area (Å²) >= 11 is 1.65. The molecule has 0 saturated heterocycles. The highest BCUT2D eigenvalue weighted by Gasteiger charge is 2.57. The molecule has 0 aliphatic carbocycles. The fourth-order valence-corrected chi connectivity index (χ4v) is 0.849. The Morgan fingerprint density at radius 1 is 1.62 bits per heavy atom. The van der Waals surface area contributed by atoms with Crippen LogP contribution in [0.15, 0.2) is 0 Å². The van der Waals surface area contributed by atoms with Crippen LogP contribution in [0.25, 0.3) is 9.69 Å². The molecule has 0 aliphatic heterocycles. The molecular formula is C6H8IN3O3+2. The van der Waals surface area contributed by atoms with Crippen LogP contribution in [0.2, 0.25) is 0 Å². The average Bonchev–Trinajstić information content (AvgIpc) is 2.15. The van der Waals surface area contributed by atoms with Gasteiger partial charge in [-0.25, -0.2) is 4.79 Å². The Morgan fingerprint density at radius 2 is 2.15 bits per heavy atom. The molecule has 70 valence electrons. The minimum Gasteiger partial charge on any atom is -0.373 e. The lowest BCUT2D eigenvalue weighted by Gasteiger charge is -2.00. The molecule has 0 aromatic carbocycles. The first kappa shape index (κ1) is 12.1. The predicted molar refractivity (Wildman–Crippen MR) is 54.5 cm³/mol. The summed E-state index contributed by atoms with van der Waals surface area (Å²) in [5, 5.41) is 0. The average molecular weight is 297 g/mol. The van der Waals surface area contributed by atoms with Gasteiger partial charge in [-0.05, 0) is 0 Å². The number of esters is 1. The third-order valence-electron chi connectivity index (χ3n) is 0.991. The van der Waals surface area contributed by atoms with Gasteiger partial charge in [-0.15, -0.1) is 0 Å². The van der Waals surface area contributed by atoms with Gasteiger partial charge in [-0.2, -0.15) is 0 Å². The van der Waals surface area contributed by atoms with Gasteiger partial charge in [-0.3, -0.25) is 4.74 Å². The molecule has 6 nitrogen and oxygen atoms in total. The van der Waals surface area contributed by atoms with Crippen molar-refractivity contribution in [3.05, 3.63) is 9.69 Å². The van der Waals surface area contributed by atoms with Gasteiger partial charge in [0.05, 0.1) is 9.69 Å². The van der Waals surface area contributed by atoms with Crippen LogP contribution in [0.1, 0.15) is 0 Å². The van der Waals surface area contributed by atoms with E-state index in [-0.39, 0.29) is 6.61 Å². The largest absolute Gasteiger partial charge is 0.821 e. The highest BCUT2D eigenvalue weighted by atomic mass is 127. The maximum Gasteiger partial charge on any atom is 0.821 e. The second-order valence-electron chi connectivity index (χ2n) is 1.87. The van der Waals surface area contributed by atoms with Gasteiger partial charge in [0.1, 0.15) is 6.61 Å². The quantitative estimate of drug-likeness (QED) is 0.358. The molecular weight excluding hydrogens is 289 g/mol. The van der Waals surface area contributed by atoms with E-state index in [1.165, 1.54) is 7.11 Å². The van der Waals surface area contributed by atoms with Crippen LogP contribution >= 0.6 is 22.9 Å². The minimum atomic E-state index is -1.74. The molecule has 13 heavy (non-hydrogen) atoms. The van der Waals surface area contributed by atoms with Crippen molar-refractivity contribution >= 4 is 28.8 Å². The number of halogens is 1. The second kappa shape index (κ2) is 5.70. The number of ether oxygens (including phenoxy) is 2. The smallest absolute Gasteiger partial charge is 0.373 e. The van der Waals surface area contributed by atoms with E-state index >= 15 is 0 Å². The zero-order valence-electron chi connectivity index (χ0n) is 6.86. The van der Waals surface area contributed by atoms with E-state index < -0.39 is 11.9 Å². The summed E-state index contributed by atoms with van der Waals surface area (Å²) in [5.41, 5.74) is 0. The Hall–Kier alpha value is -0.900. The first-order valence-electron chi connectivity index (χ1n) is 3.07. The van der Waals surface area contributed by atoms with Gasteiger partial charge in [0.2, 0.25) is 0 Å². The van der Waals surface area contributed by atoms with Gasteiger partial charge in [0.15, 0.2) is 0 Å². The van der Waals surface area contributed by atoms with E-state index in [0.717, 1.165) is 0 Å². The van der Waals surface area contributed by atoms with Crippen molar-refractivity contribution in [2.45, 2.75) is 5.97 Å². The van der Waals surface area contributed by atoms with Crippen molar-refractivity contribution in [3.63, 3.8) is 0 Å². The Kier molecular flexibility index (Phi) is 5.30. The number of methoxy groups -OCH3 is 1. The monoisotopic (exact) mass is 297 g/mol. The van der Waals surface area contributed by atoms with E-state index in [2.05, 4.69) is 22.7 Å². The van der Waals surface area contributed by atoms with Gasteiger partial charge in [0, 0.05) is 30.0 Å². The lowest BCUT2D eigenvalue weighted by atomic mass is 10.7. The van der Waals surface area contributed by atoms with Crippen LogP contribution < -0.4 is 3.53 Å². The normalized spacial score (nSPS) is 9.85. The number of hydrogen-bond donors (Lipinski definition) is 1. The molecule has 0 saturated carbocycles. The summed E-state index contributed by atoms with van der Waals surface area (Å²) in [6.45, 7) is 9.65. The molecule has 0 bridgehead atoms. The molecule has 0 radical (unpaired) electrons. The van der Waals surface area contributed by atoms with Crippen LogP contribution in [0.5, 0.6) is 0 Å². The molecule has 0 spiro atoms. The minimum absolute atomic E-state index is 0.231. The lowest BCUT2D eigenvalue weighted by molar-refractivity contribution is -0.156. The summed E-state index contributed by atoms with van der Waals surface area (Å²) < 4.78 is 11.6. The fraction of sp³-hybridized carbons (Fsp3) is 0.500. The van der Waals surface area contributed by atoms with E-state index in [1.807, 2.05) is 0 Å². The summed E-state index contributed by atoms with van der Waals surface area (Å²) in [7, 11) is 1.35. The van der Waals surface area contributed by atoms with Crippen LogP contribution in [-0.4, -0.2) is 25.7 Å². The van der Waals surface area contributed by atoms with E-state index in [9.17, 15) is 4.79 Å². The summed E-state index contributed by atoms with van der Waals surface area (Å²) in [4.78, 5) is 17.3. The standard InChI is InChI=1S/C6H8IN3O3/c1-8-6(9-2,10-7)13-5(11)4-12-3/h1-2,10H,4H2,3H3/q+2. The van der Waals surface area contributed by atoms with Crippen molar-refractivity contribution in [3.8, 4) is 13.1 Å². The number of hydrogen-bond acceptors (Lipinski definition) is 4. The molecule has 0 aromatic heterocycles. The number of nitrogens with one attached hydrogen (secondary N) is 1. The van der Waals surface area contributed by atoms with Gasteiger partial charge < -0.3 is 4.74 Å². The molecule has 1 N–H and O–H groups in total. The first-order valence-corrected chi connectivity index (χ1v) is 4.14. The van der Waals surface area contributed by atoms with E-state index in [0.29, 0.717) is 0 Å². The van der Waals surface area contributed by atoms with Crippen LogP contribution in [-0.2, 0) is 14.3 Å². The molecule has 0 heterocycles. The number of nitrogens with zero attached hydrogens (tertiary/aromatic N) is 2. The third kappa shape index (κ3) is 3.55. The topological polar surface area (TPSA) is 56.3 Å². The summed E-state index contributed by atoms with van der Waals surface area (Å²) in [6.07, 6.45) is 0. The fourth-order valence-electron chi connectivity index (χ4n) is 0.460. The molecule has 0 atom stereocenters. The lowest BCUT2D eigenvalue weighted by Crippen LogP contribution is -2.38. The van der Waals surface area contributed by atoms with Crippen molar-refractivity contribution in [1.82, 2.24) is 3.53 Å². The molecule has 7 heteroatoms. The molecule has 0 unspecified atom stereocenters. The SMILES string of the molecule is C#[N+]C([N+]#C)(NI)OC(=O)COC. The highest BCUT2D eigenvalue weighted by molar-refractivity contribution is 14.1. The molecule has 0 aromatic rings. The van der Waals surface area contributed by atoms with Gasteiger partial charge in [-0.1, -0.05) is 3.53 Å². The van der Waals surface area contributed by atoms with Gasteiger partial charge >= 0.3 is 11.9 Å².